The third kappa shape index (κ3) is 9.21. The molecule has 2 atom stereocenters. The smallest absolute Gasteiger partial charge is 0.161 e. The summed E-state index contributed by atoms with van der Waals surface area (Å²) < 4.78 is 22.2. The van der Waals surface area contributed by atoms with E-state index in [0.29, 0.717) is 47.2 Å². The standard InChI is InChI=1S/C29H40N2O8/c1-20(32)22-6-8-26(28(14-22)36-3)38-18-24(34)16-30-10-5-11-31(13-12-30)17-25(35)19-39-27-9-7-23(21(2)33)15-29(27)37-4/h6-9,14-15,24-25,34-35H,5,10-13,16-19H2,1-4H3/t24-,25-/m1/s1. The first-order valence-electron chi connectivity index (χ1n) is 13.1. The van der Waals surface area contributed by atoms with Crippen LogP contribution in [0.5, 0.6) is 23.0 Å². The molecule has 0 aromatic heterocycles. The van der Waals surface area contributed by atoms with Gasteiger partial charge in [0.05, 0.1) is 14.2 Å². The average molecular weight is 545 g/mol. The molecule has 0 aliphatic carbocycles. The molecule has 10 heteroatoms. The largest absolute Gasteiger partial charge is 0.493 e. The lowest BCUT2D eigenvalue weighted by Crippen LogP contribution is -2.40. The van der Waals surface area contributed by atoms with E-state index in [1.165, 1.54) is 28.1 Å². The minimum absolute atomic E-state index is 0.0594. The number of methoxy groups -OCH3 is 2. The molecule has 1 heterocycles. The summed E-state index contributed by atoms with van der Waals surface area (Å²) in [5.74, 6) is 1.75. The van der Waals surface area contributed by atoms with Crippen molar-refractivity contribution >= 4 is 11.6 Å². The Morgan fingerprint density at radius 1 is 0.718 bits per heavy atom. The quantitative estimate of drug-likeness (QED) is 0.343. The predicted octanol–water partition coefficient (Wildman–Crippen LogP) is 2.30. The SMILES string of the molecule is COc1cc(C(C)=O)ccc1OC[C@H](O)CN1CCCN(C[C@@H](O)COc2ccc(C(C)=O)cc2OC)CC1. The molecule has 1 aliphatic rings. The van der Waals surface area contributed by atoms with E-state index >= 15 is 0 Å². The van der Waals surface area contributed by atoms with E-state index in [4.69, 9.17) is 18.9 Å². The van der Waals surface area contributed by atoms with Crippen LogP contribution in [0.4, 0.5) is 0 Å². The van der Waals surface area contributed by atoms with Gasteiger partial charge in [0.25, 0.3) is 0 Å². The summed E-state index contributed by atoms with van der Waals surface area (Å²) in [7, 11) is 3.02. The highest BCUT2D eigenvalue weighted by atomic mass is 16.5. The molecule has 3 rings (SSSR count). The minimum Gasteiger partial charge on any atom is -0.493 e. The van der Waals surface area contributed by atoms with Crippen molar-refractivity contribution in [2.24, 2.45) is 0 Å². The molecule has 0 spiro atoms. The van der Waals surface area contributed by atoms with Crippen LogP contribution >= 0.6 is 0 Å². The zero-order chi connectivity index (χ0) is 28.4. The van der Waals surface area contributed by atoms with Gasteiger partial charge in [-0.2, -0.15) is 0 Å². The highest BCUT2D eigenvalue weighted by Crippen LogP contribution is 2.29. The molecule has 2 N–H and O–H groups in total. The molecule has 1 aliphatic heterocycles. The summed E-state index contributed by atoms with van der Waals surface area (Å²) in [6.45, 7) is 7.27. The van der Waals surface area contributed by atoms with E-state index in [1.807, 2.05) is 0 Å². The molecule has 1 fully saturated rings. The number of ether oxygens (including phenoxy) is 4. The van der Waals surface area contributed by atoms with Crippen molar-refractivity contribution in [1.82, 2.24) is 9.80 Å². The second kappa shape index (κ2) is 14.8. The van der Waals surface area contributed by atoms with Crippen molar-refractivity contribution in [3.8, 4) is 23.0 Å². The Hall–Kier alpha value is -3.18. The van der Waals surface area contributed by atoms with Gasteiger partial charge in [-0.3, -0.25) is 19.4 Å². The van der Waals surface area contributed by atoms with Gasteiger partial charge in [-0.05, 0) is 69.8 Å². The number of benzene rings is 2. The first kappa shape index (κ1) is 30.4. The number of carbonyl (C=O) groups excluding carboxylic acids is 2. The highest BCUT2D eigenvalue weighted by molar-refractivity contribution is 5.95. The predicted molar refractivity (Wildman–Crippen MR) is 146 cm³/mol. The van der Waals surface area contributed by atoms with Gasteiger partial charge in [0.2, 0.25) is 0 Å². The Bertz CT molecular complexity index is 1020. The fourth-order valence-electron chi connectivity index (χ4n) is 4.47. The van der Waals surface area contributed by atoms with E-state index < -0.39 is 12.2 Å². The number of ketones is 2. The van der Waals surface area contributed by atoms with Crippen molar-refractivity contribution in [3.05, 3.63) is 47.5 Å². The second-order valence-corrected chi connectivity index (χ2v) is 9.73. The summed E-state index contributed by atoms with van der Waals surface area (Å²) >= 11 is 0. The van der Waals surface area contributed by atoms with Crippen molar-refractivity contribution in [2.75, 3.05) is 66.7 Å². The van der Waals surface area contributed by atoms with Crippen LogP contribution in [0.1, 0.15) is 41.0 Å². The fraction of sp³-hybridized carbons (Fsp3) is 0.517. The van der Waals surface area contributed by atoms with E-state index in [-0.39, 0.29) is 24.8 Å². The number of Topliss-reactive ketones (excluding diaryl/α,β-unsaturated/α-hetero) is 2. The number of β-amino-alcohol motifs (C(OH)–C–C–N with tert-alkyl or cyclic N) is 2. The second-order valence-electron chi connectivity index (χ2n) is 9.73. The zero-order valence-electron chi connectivity index (χ0n) is 23.2. The van der Waals surface area contributed by atoms with Gasteiger partial charge in [-0.25, -0.2) is 0 Å². The fourth-order valence-corrected chi connectivity index (χ4v) is 4.47. The van der Waals surface area contributed by atoms with Crippen molar-refractivity contribution < 1.29 is 38.7 Å². The lowest BCUT2D eigenvalue weighted by Gasteiger charge is -2.25. The molecule has 0 amide bonds. The molecule has 0 bridgehead atoms. The topological polar surface area (TPSA) is 118 Å². The van der Waals surface area contributed by atoms with E-state index in [2.05, 4.69) is 9.80 Å². The van der Waals surface area contributed by atoms with Gasteiger partial charge in [-0.1, -0.05) is 0 Å². The van der Waals surface area contributed by atoms with Crippen molar-refractivity contribution in [2.45, 2.75) is 32.5 Å². The zero-order valence-corrected chi connectivity index (χ0v) is 23.2. The number of nitrogens with zero attached hydrogens (tertiary/aromatic N) is 2. The Morgan fingerprint density at radius 2 is 1.13 bits per heavy atom. The van der Waals surface area contributed by atoms with Crippen LogP contribution in [0.15, 0.2) is 36.4 Å². The number of hydrogen-bond acceptors (Lipinski definition) is 10. The summed E-state index contributed by atoms with van der Waals surface area (Å²) in [6, 6.07) is 9.98. The van der Waals surface area contributed by atoms with Crippen molar-refractivity contribution in [3.63, 3.8) is 0 Å². The maximum Gasteiger partial charge on any atom is 0.161 e. The molecular weight excluding hydrogens is 504 g/mol. The van der Waals surface area contributed by atoms with Gasteiger partial charge >= 0.3 is 0 Å². The molecule has 2 aromatic carbocycles. The first-order valence-corrected chi connectivity index (χ1v) is 13.1. The van der Waals surface area contributed by atoms with Crippen LogP contribution in [0.3, 0.4) is 0 Å². The van der Waals surface area contributed by atoms with Crippen LogP contribution in [0, 0.1) is 0 Å². The van der Waals surface area contributed by atoms with Gasteiger partial charge in [0.15, 0.2) is 34.6 Å². The van der Waals surface area contributed by atoms with Gasteiger partial charge in [-0.15, -0.1) is 0 Å². The summed E-state index contributed by atoms with van der Waals surface area (Å²) in [5, 5.41) is 21.2. The summed E-state index contributed by atoms with van der Waals surface area (Å²) in [5.41, 5.74) is 1.07. The van der Waals surface area contributed by atoms with Crippen LogP contribution < -0.4 is 18.9 Å². The molecule has 39 heavy (non-hydrogen) atoms. The molecule has 1 saturated heterocycles. The maximum absolute atomic E-state index is 11.6. The van der Waals surface area contributed by atoms with E-state index in [0.717, 1.165) is 32.6 Å². The van der Waals surface area contributed by atoms with Gasteiger partial charge in [0, 0.05) is 37.3 Å². The average Bonchev–Trinajstić information content (AvgIpc) is 3.14. The van der Waals surface area contributed by atoms with Crippen molar-refractivity contribution in [1.29, 1.82) is 0 Å². The Balaban J connectivity index is 1.42. The monoisotopic (exact) mass is 544 g/mol. The third-order valence-electron chi connectivity index (χ3n) is 6.62. The highest BCUT2D eigenvalue weighted by Gasteiger charge is 2.21. The van der Waals surface area contributed by atoms with E-state index in [1.54, 1.807) is 36.4 Å². The third-order valence-corrected chi connectivity index (χ3v) is 6.62. The number of carbonyl (C=O) groups is 2. The summed E-state index contributed by atoms with van der Waals surface area (Å²) in [4.78, 5) is 27.6. The number of rotatable bonds is 14. The molecule has 0 radical (unpaired) electrons. The van der Waals surface area contributed by atoms with Crippen LogP contribution in [0.2, 0.25) is 0 Å². The minimum atomic E-state index is -0.697. The van der Waals surface area contributed by atoms with Gasteiger partial charge < -0.3 is 29.2 Å². The molecule has 2 aromatic rings. The molecule has 214 valence electrons. The van der Waals surface area contributed by atoms with Gasteiger partial charge in [0.1, 0.15) is 25.4 Å². The lowest BCUT2D eigenvalue weighted by molar-refractivity contribution is 0.0608. The Morgan fingerprint density at radius 3 is 1.49 bits per heavy atom. The number of aliphatic hydroxyl groups is 2. The molecule has 0 unspecified atom stereocenters. The normalized spacial score (nSPS) is 16.2. The first-order chi connectivity index (χ1) is 18.7. The van der Waals surface area contributed by atoms with Crippen LogP contribution in [0.25, 0.3) is 0 Å². The van der Waals surface area contributed by atoms with Crippen LogP contribution in [-0.2, 0) is 0 Å². The number of hydrogen-bond donors (Lipinski definition) is 2. The number of aliphatic hydroxyl groups excluding tert-OH is 2. The molecule has 10 nitrogen and oxygen atoms in total. The molecule has 0 saturated carbocycles. The maximum atomic E-state index is 11.6. The summed E-state index contributed by atoms with van der Waals surface area (Å²) in [6.07, 6.45) is -0.490. The Labute approximate surface area is 230 Å². The Kier molecular flexibility index (Phi) is 11.5. The molecular formula is C29H40N2O8. The van der Waals surface area contributed by atoms with Crippen LogP contribution in [-0.4, -0.2) is 110 Å². The van der Waals surface area contributed by atoms with E-state index in [9.17, 15) is 19.8 Å². The lowest BCUT2D eigenvalue weighted by atomic mass is 10.1.